The Kier molecular flexibility index (Phi) is 3.65. The first kappa shape index (κ1) is 14.0. The molecule has 0 radical (unpaired) electrons. The number of amides is 1. The molecule has 2 aliphatic heterocycles. The molecule has 0 aliphatic carbocycles. The van der Waals surface area contributed by atoms with Gasteiger partial charge in [-0.2, -0.15) is 0 Å². The molecule has 0 saturated carbocycles. The summed E-state index contributed by atoms with van der Waals surface area (Å²) in [4.78, 5) is 25.9. The van der Waals surface area contributed by atoms with Crippen molar-refractivity contribution in [1.82, 2.24) is 4.90 Å². The number of morpholine rings is 1. The third-order valence-electron chi connectivity index (χ3n) is 3.88. The molecule has 0 unspecified atom stereocenters. The number of benzene rings is 1. The van der Waals surface area contributed by atoms with Gasteiger partial charge in [-0.25, -0.2) is 4.79 Å². The first-order valence-electron chi connectivity index (χ1n) is 6.85. The van der Waals surface area contributed by atoms with Crippen molar-refractivity contribution in [1.29, 1.82) is 0 Å². The number of rotatable bonds is 3. The van der Waals surface area contributed by atoms with Crippen molar-refractivity contribution < 1.29 is 23.8 Å². The van der Waals surface area contributed by atoms with Crippen LogP contribution in [-0.4, -0.2) is 48.4 Å². The maximum Gasteiger partial charge on any atom is 0.338 e. The van der Waals surface area contributed by atoms with Gasteiger partial charge in [-0.1, -0.05) is 30.3 Å². The lowest BCUT2D eigenvalue weighted by atomic mass is 10.1. The fourth-order valence-corrected chi connectivity index (χ4v) is 2.69. The molecule has 1 aromatic rings. The Morgan fingerprint density at radius 2 is 2.00 bits per heavy atom. The van der Waals surface area contributed by atoms with E-state index in [0.29, 0.717) is 6.54 Å². The van der Waals surface area contributed by atoms with E-state index in [4.69, 9.17) is 9.47 Å². The van der Waals surface area contributed by atoms with Crippen LogP contribution in [0.4, 0.5) is 0 Å². The quantitative estimate of drug-likeness (QED) is 0.767. The van der Waals surface area contributed by atoms with Crippen molar-refractivity contribution in [3.8, 4) is 0 Å². The maximum absolute atomic E-state index is 12.5. The van der Waals surface area contributed by atoms with Gasteiger partial charge in [0.1, 0.15) is 0 Å². The number of ether oxygens (including phenoxy) is 3. The van der Waals surface area contributed by atoms with E-state index in [1.54, 1.807) is 4.90 Å². The number of methoxy groups -OCH3 is 1. The molecule has 2 saturated heterocycles. The van der Waals surface area contributed by atoms with Crippen molar-refractivity contribution >= 4 is 11.9 Å². The summed E-state index contributed by atoms with van der Waals surface area (Å²) in [6.45, 7) is 2.32. The highest BCUT2D eigenvalue weighted by molar-refractivity contribution is 5.90. The smallest absolute Gasteiger partial charge is 0.338 e. The minimum Gasteiger partial charge on any atom is -0.467 e. The molecule has 3 rings (SSSR count). The summed E-state index contributed by atoms with van der Waals surface area (Å²) in [5, 5.41) is 0. The third kappa shape index (κ3) is 2.41. The van der Waals surface area contributed by atoms with E-state index in [-0.39, 0.29) is 11.9 Å². The Labute approximate surface area is 122 Å². The van der Waals surface area contributed by atoms with E-state index >= 15 is 0 Å². The van der Waals surface area contributed by atoms with Crippen molar-refractivity contribution in [3.63, 3.8) is 0 Å². The minimum atomic E-state index is -0.976. The van der Waals surface area contributed by atoms with Gasteiger partial charge in [-0.3, -0.25) is 4.79 Å². The number of hydrogen-bond donors (Lipinski definition) is 0. The highest BCUT2D eigenvalue weighted by atomic mass is 16.7. The van der Waals surface area contributed by atoms with E-state index in [1.165, 1.54) is 7.11 Å². The highest BCUT2D eigenvalue weighted by Crippen LogP contribution is 2.32. The van der Waals surface area contributed by atoms with E-state index in [9.17, 15) is 9.59 Å². The summed E-state index contributed by atoms with van der Waals surface area (Å²) in [5.41, 5.74) is 1.02. The molecular formula is C15H17NO5. The zero-order chi connectivity index (χ0) is 15.0. The lowest BCUT2D eigenvalue weighted by Gasteiger charge is -2.36. The summed E-state index contributed by atoms with van der Waals surface area (Å²) in [6, 6.07) is 9.42. The first-order valence-corrected chi connectivity index (χ1v) is 6.85. The predicted octanol–water partition coefficient (Wildman–Crippen LogP) is 0.700. The van der Waals surface area contributed by atoms with Gasteiger partial charge in [0.25, 0.3) is 5.91 Å². The van der Waals surface area contributed by atoms with Gasteiger partial charge in [0.2, 0.25) is 0 Å². The number of carbonyl (C=O) groups excluding carboxylic acids is 2. The van der Waals surface area contributed by atoms with Crippen molar-refractivity contribution in [2.75, 3.05) is 7.11 Å². The molecule has 2 bridgehead atoms. The molecule has 6 heteroatoms. The summed E-state index contributed by atoms with van der Waals surface area (Å²) in [7, 11) is 1.27. The minimum absolute atomic E-state index is 0.240. The average molecular weight is 291 g/mol. The molecule has 112 valence electrons. The third-order valence-corrected chi connectivity index (χ3v) is 3.88. The second-order valence-corrected chi connectivity index (χ2v) is 5.20. The van der Waals surface area contributed by atoms with Gasteiger partial charge in [0, 0.05) is 6.54 Å². The number of esters is 1. The second-order valence-electron chi connectivity index (χ2n) is 5.20. The van der Waals surface area contributed by atoms with Crippen LogP contribution in [0, 0.1) is 0 Å². The zero-order valence-electron chi connectivity index (χ0n) is 11.9. The number of carbonyl (C=O) groups is 2. The average Bonchev–Trinajstić information content (AvgIpc) is 2.92. The van der Waals surface area contributed by atoms with Crippen LogP contribution in [0.1, 0.15) is 12.5 Å². The summed E-state index contributed by atoms with van der Waals surface area (Å²) >= 11 is 0. The van der Waals surface area contributed by atoms with Gasteiger partial charge < -0.3 is 19.1 Å². The standard InChI is InChI=1S/C15H17NO5/c1-9-15-20-11(12(21-15)14(18)19-2)13(17)16(9)8-10-6-4-3-5-7-10/h3-7,9,11-12,15H,8H2,1-2H3/t9-,11+,12-,15-/m0/s1. The summed E-state index contributed by atoms with van der Waals surface area (Å²) in [6.07, 6.45) is -2.49. The van der Waals surface area contributed by atoms with Crippen LogP contribution < -0.4 is 0 Å². The van der Waals surface area contributed by atoms with Crippen LogP contribution in [0.3, 0.4) is 0 Å². The number of nitrogens with zero attached hydrogens (tertiary/aromatic N) is 1. The Morgan fingerprint density at radius 3 is 2.67 bits per heavy atom. The zero-order valence-corrected chi connectivity index (χ0v) is 11.9. The van der Waals surface area contributed by atoms with Crippen LogP contribution in [0.2, 0.25) is 0 Å². The van der Waals surface area contributed by atoms with Crippen LogP contribution >= 0.6 is 0 Å². The van der Waals surface area contributed by atoms with Crippen LogP contribution in [0.5, 0.6) is 0 Å². The molecule has 1 aromatic carbocycles. The highest BCUT2D eigenvalue weighted by Gasteiger charge is 2.54. The Morgan fingerprint density at radius 1 is 1.29 bits per heavy atom. The van der Waals surface area contributed by atoms with Crippen LogP contribution in [0.25, 0.3) is 0 Å². The van der Waals surface area contributed by atoms with Crippen LogP contribution in [-0.2, 0) is 30.3 Å². The SMILES string of the molecule is COC(=O)[C@H]1O[C@@H]2O[C@H]1C(=O)N(Cc1ccccc1)[C@H]2C. The molecule has 0 spiro atoms. The Balaban J connectivity index is 1.81. The van der Waals surface area contributed by atoms with E-state index in [2.05, 4.69) is 4.74 Å². The normalized spacial score (nSPS) is 31.3. The Bertz CT molecular complexity index is 546. The second kappa shape index (κ2) is 5.46. The maximum atomic E-state index is 12.5. The molecule has 2 fully saturated rings. The fourth-order valence-electron chi connectivity index (χ4n) is 2.69. The van der Waals surface area contributed by atoms with E-state index in [0.717, 1.165) is 5.56 Å². The molecule has 4 atom stereocenters. The van der Waals surface area contributed by atoms with Crippen molar-refractivity contribution in [2.45, 2.75) is 38.0 Å². The predicted molar refractivity (Wildman–Crippen MR) is 72.0 cm³/mol. The Hall–Kier alpha value is -1.92. The topological polar surface area (TPSA) is 65.1 Å². The molecule has 6 nitrogen and oxygen atoms in total. The largest absolute Gasteiger partial charge is 0.467 e. The molecule has 2 heterocycles. The first-order chi connectivity index (χ1) is 10.1. The van der Waals surface area contributed by atoms with Crippen molar-refractivity contribution in [2.24, 2.45) is 0 Å². The molecule has 0 aromatic heterocycles. The van der Waals surface area contributed by atoms with Crippen molar-refractivity contribution in [3.05, 3.63) is 35.9 Å². The summed E-state index contributed by atoms with van der Waals surface area (Å²) in [5.74, 6) is -0.819. The van der Waals surface area contributed by atoms with Crippen LogP contribution in [0.15, 0.2) is 30.3 Å². The number of fused-ring (bicyclic) bond motifs is 2. The molecular weight excluding hydrogens is 274 g/mol. The lowest BCUT2D eigenvalue weighted by molar-refractivity contribution is -0.175. The van der Waals surface area contributed by atoms with Gasteiger partial charge in [-0.05, 0) is 12.5 Å². The molecule has 0 N–H and O–H groups in total. The van der Waals surface area contributed by atoms with E-state index in [1.807, 2.05) is 37.3 Å². The molecule has 1 amide bonds. The molecule has 2 aliphatic rings. The van der Waals surface area contributed by atoms with Gasteiger partial charge >= 0.3 is 5.97 Å². The lowest BCUT2D eigenvalue weighted by Crippen LogP contribution is -2.54. The van der Waals surface area contributed by atoms with Gasteiger partial charge in [-0.15, -0.1) is 0 Å². The molecule has 21 heavy (non-hydrogen) atoms. The fraction of sp³-hybridized carbons (Fsp3) is 0.467. The van der Waals surface area contributed by atoms with E-state index < -0.39 is 24.5 Å². The summed E-state index contributed by atoms with van der Waals surface area (Å²) < 4.78 is 15.7. The van der Waals surface area contributed by atoms with Gasteiger partial charge in [0.15, 0.2) is 18.5 Å². The monoisotopic (exact) mass is 291 g/mol. The van der Waals surface area contributed by atoms with Gasteiger partial charge in [0.05, 0.1) is 13.2 Å². The number of hydrogen-bond acceptors (Lipinski definition) is 5.